The standard InChI is InChI=1S/C23H24F6N6O/c1-2-30-14-3-5-15(6-4-14)33-21-34-17-7-8-31-20(36)18(17)19(35-21)32-16-10-12(22(24,25)26)9-13(11-16)23(27,28)29/h7-11,14-15,30H,2-6H2,1H3,(H,31,36)(H2,32,33,34,35). The lowest BCUT2D eigenvalue weighted by Crippen LogP contribution is -2.37. The number of benzene rings is 1. The molecule has 0 aliphatic heterocycles. The maximum Gasteiger partial charge on any atom is 0.416 e. The summed E-state index contributed by atoms with van der Waals surface area (Å²) in [7, 11) is 0. The number of nitrogens with zero attached hydrogens (tertiary/aromatic N) is 2. The Morgan fingerprint density at radius 3 is 2.14 bits per heavy atom. The lowest BCUT2D eigenvalue weighted by molar-refractivity contribution is -0.143. The molecule has 0 bridgehead atoms. The van der Waals surface area contributed by atoms with E-state index in [1.54, 1.807) is 0 Å². The number of aromatic nitrogens is 3. The van der Waals surface area contributed by atoms with Crippen LogP contribution in [0.1, 0.15) is 43.7 Å². The van der Waals surface area contributed by atoms with Gasteiger partial charge in [0.1, 0.15) is 11.2 Å². The number of nitrogens with one attached hydrogen (secondary N) is 4. The van der Waals surface area contributed by atoms with E-state index < -0.39 is 34.7 Å². The first-order valence-corrected chi connectivity index (χ1v) is 11.4. The van der Waals surface area contributed by atoms with E-state index in [4.69, 9.17) is 0 Å². The number of pyridine rings is 1. The van der Waals surface area contributed by atoms with Crippen molar-refractivity contribution in [2.24, 2.45) is 0 Å². The average molecular weight is 514 g/mol. The normalized spacial score (nSPS) is 18.9. The summed E-state index contributed by atoms with van der Waals surface area (Å²) >= 11 is 0. The fourth-order valence-corrected chi connectivity index (χ4v) is 4.32. The Balaban J connectivity index is 1.70. The number of halogens is 6. The van der Waals surface area contributed by atoms with Gasteiger partial charge < -0.3 is 20.9 Å². The van der Waals surface area contributed by atoms with Gasteiger partial charge in [-0.2, -0.15) is 31.3 Å². The Morgan fingerprint density at radius 2 is 1.56 bits per heavy atom. The third kappa shape index (κ3) is 5.89. The number of anilines is 3. The predicted octanol–water partition coefficient (Wildman–Crippen LogP) is 5.43. The molecule has 0 spiro atoms. The van der Waals surface area contributed by atoms with Gasteiger partial charge in [-0.1, -0.05) is 6.92 Å². The number of hydrogen-bond donors (Lipinski definition) is 4. The van der Waals surface area contributed by atoms with Crippen molar-refractivity contribution in [3.8, 4) is 0 Å². The van der Waals surface area contributed by atoms with Crippen molar-refractivity contribution in [2.75, 3.05) is 17.2 Å². The number of rotatable bonds is 6. The SMILES string of the molecule is CCNC1CCC(Nc2nc(Nc3cc(C(F)(F)F)cc(C(F)(F)F)c3)c3c(=O)[nH]ccc3n2)CC1. The Labute approximate surface area is 201 Å². The highest BCUT2D eigenvalue weighted by atomic mass is 19.4. The third-order valence-corrected chi connectivity index (χ3v) is 6.02. The van der Waals surface area contributed by atoms with Crippen LogP contribution in [-0.2, 0) is 12.4 Å². The van der Waals surface area contributed by atoms with Crippen LogP contribution in [0.2, 0.25) is 0 Å². The summed E-state index contributed by atoms with van der Waals surface area (Å²) in [5, 5.41) is 8.99. The van der Waals surface area contributed by atoms with Gasteiger partial charge in [0.25, 0.3) is 5.56 Å². The van der Waals surface area contributed by atoms with Gasteiger partial charge in [-0.3, -0.25) is 4.79 Å². The Bertz CT molecular complexity index is 1250. The topological polar surface area (TPSA) is 94.7 Å². The first kappa shape index (κ1) is 25.7. The molecule has 1 fully saturated rings. The summed E-state index contributed by atoms with van der Waals surface area (Å²) in [6, 6.07) is 3.02. The van der Waals surface area contributed by atoms with Crippen LogP contribution in [0, 0.1) is 0 Å². The van der Waals surface area contributed by atoms with Crippen LogP contribution in [0.3, 0.4) is 0 Å². The van der Waals surface area contributed by atoms with Crippen LogP contribution in [0.5, 0.6) is 0 Å². The Kier molecular flexibility index (Phi) is 7.12. The monoisotopic (exact) mass is 514 g/mol. The zero-order valence-corrected chi connectivity index (χ0v) is 19.1. The molecule has 3 aromatic rings. The lowest BCUT2D eigenvalue weighted by Gasteiger charge is -2.29. The van der Waals surface area contributed by atoms with E-state index in [-0.39, 0.29) is 34.8 Å². The van der Waals surface area contributed by atoms with Crippen molar-refractivity contribution in [1.82, 2.24) is 20.3 Å². The fourth-order valence-electron chi connectivity index (χ4n) is 4.32. The second-order valence-corrected chi connectivity index (χ2v) is 8.63. The van der Waals surface area contributed by atoms with Crippen molar-refractivity contribution >= 4 is 28.4 Å². The summed E-state index contributed by atoms with van der Waals surface area (Å²) in [5.74, 6) is -0.0938. The first-order chi connectivity index (χ1) is 16.9. The largest absolute Gasteiger partial charge is 0.416 e. The molecule has 13 heteroatoms. The molecule has 0 saturated heterocycles. The van der Waals surface area contributed by atoms with E-state index in [1.165, 1.54) is 12.3 Å². The lowest BCUT2D eigenvalue weighted by atomic mass is 9.91. The summed E-state index contributed by atoms with van der Waals surface area (Å²) in [6.45, 7) is 2.90. The smallest absolute Gasteiger partial charge is 0.351 e. The molecule has 2 heterocycles. The summed E-state index contributed by atoms with van der Waals surface area (Å²) < 4.78 is 79.8. The zero-order valence-electron chi connectivity index (χ0n) is 19.1. The molecule has 2 aromatic heterocycles. The molecule has 0 atom stereocenters. The molecule has 1 aliphatic carbocycles. The average Bonchev–Trinajstić information content (AvgIpc) is 2.79. The summed E-state index contributed by atoms with van der Waals surface area (Å²) in [5.41, 5.74) is -3.94. The Hall–Kier alpha value is -3.35. The van der Waals surface area contributed by atoms with Crippen molar-refractivity contribution in [1.29, 1.82) is 0 Å². The van der Waals surface area contributed by atoms with Gasteiger partial charge >= 0.3 is 12.4 Å². The highest BCUT2D eigenvalue weighted by Crippen LogP contribution is 2.38. The van der Waals surface area contributed by atoms with Crippen LogP contribution >= 0.6 is 0 Å². The summed E-state index contributed by atoms with van der Waals surface area (Å²) in [4.78, 5) is 23.5. The van der Waals surface area contributed by atoms with Crippen molar-refractivity contribution < 1.29 is 26.3 Å². The number of alkyl halides is 6. The highest BCUT2D eigenvalue weighted by molar-refractivity contribution is 5.91. The van der Waals surface area contributed by atoms with Crippen molar-refractivity contribution in [2.45, 2.75) is 57.0 Å². The second-order valence-electron chi connectivity index (χ2n) is 8.63. The molecule has 1 aliphatic rings. The molecule has 36 heavy (non-hydrogen) atoms. The molecule has 7 nitrogen and oxygen atoms in total. The molecule has 0 radical (unpaired) electrons. The van der Waals surface area contributed by atoms with Crippen LogP contribution in [0.15, 0.2) is 35.3 Å². The molecule has 1 aromatic carbocycles. The number of aromatic amines is 1. The molecule has 0 unspecified atom stereocenters. The van der Waals surface area contributed by atoms with Gasteiger partial charge in [0.2, 0.25) is 5.95 Å². The van der Waals surface area contributed by atoms with Gasteiger partial charge in [0.05, 0.1) is 16.6 Å². The highest BCUT2D eigenvalue weighted by Gasteiger charge is 2.37. The van der Waals surface area contributed by atoms with Crippen molar-refractivity contribution in [3.63, 3.8) is 0 Å². The number of H-pyrrole nitrogens is 1. The quantitative estimate of drug-likeness (QED) is 0.328. The van der Waals surface area contributed by atoms with E-state index in [2.05, 4.69) is 30.9 Å². The van der Waals surface area contributed by atoms with Gasteiger partial charge in [-0.05, 0) is 56.5 Å². The third-order valence-electron chi connectivity index (χ3n) is 6.02. The van der Waals surface area contributed by atoms with Gasteiger partial charge in [0, 0.05) is 24.0 Å². The maximum absolute atomic E-state index is 13.3. The maximum atomic E-state index is 13.3. The van der Waals surface area contributed by atoms with Crippen LogP contribution < -0.4 is 21.5 Å². The molecule has 1 saturated carbocycles. The molecule has 194 valence electrons. The Morgan fingerprint density at radius 1 is 0.944 bits per heavy atom. The first-order valence-electron chi connectivity index (χ1n) is 11.4. The minimum atomic E-state index is -5.01. The molecule has 0 amide bonds. The van der Waals surface area contributed by atoms with E-state index in [0.717, 1.165) is 32.2 Å². The fraction of sp³-hybridized carbons (Fsp3) is 0.435. The minimum Gasteiger partial charge on any atom is -0.351 e. The van der Waals surface area contributed by atoms with Gasteiger partial charge in [-0.25, -0.2) is 4.98 Å². The number of fused-ring (bicyclic) bond motifs is 1. The van der Waals surface area contributed by atoms with E-state index >= 15 is 0 Å². The zero-order chi connectivity index (χ0) is 26.1. The van der Waals surface area contributed by atoms with E-state index in [9.17, 15) is 31.1 Å². The number of hydrogen-bond acceptors (Lipinski definition) is 6. The van der Waals surface area contributed by atoms with Gasteiger partial charge in [-0.15, -0.1) is 0 Å². The van der Waals surface area contributed by atoms with Crippen LogP contribution in [-0.4, -0.2) is 33.6 Å². The molecular weight excluding hydrogens is 490 g/mol. The minimum absolute atomic E-state index is 0.0255. The van der Waals surface area contributed by atoms with Gasteiger partial charge in [0.15, 0.2) is 0 Å². The summed E-state index contributed by atoms with van der Waals surface area (Å²) in [6.07, 6.45) is -5.19. The van der Waals surface area contributed by atoms with E-state index in [1.807, 2.05) is 6.92 Å². The van der Waals surface area contributed by atoms with E-state index in [0.29, 0.717) is 18.2 Å². The molecular formula is C23H24F6N6O. The predicted molar refractivity (Wildman–Crippen MR) is 123 cm³/mol. The second kappa shape index (κ2) is 9.96. The molecule has 4 N–H and O–H groups in total. The van der Waals surface area contributed by atoms with Crippen LogP contribution in [0.25, 0.3) is 10.9 Å². The van der Waals surface area contributed by atoms with Crippen LogP contribution in [0.4, 0.5) is 43.8 Å². The molecule has 4 rings (SSSR count). The van der Waals surface area contributed by atoms with Crippen molar-refractivity contribution in [3.05, 3.63) is 51.9 Å².